The number of rotatable bonds is 4. The Morgan fingerprint density at radius 2 is 2.50 bits per heavy atom. The van der Waals surface area contributed by atoms with E-state index in [-0.39, 0.29) is 24.7 Å². The van der Waals surface area contributed by atoms with Crippen LogP contribution in [-0.4, -0.2) is 36.4 Å². The minimum absolute atomic E-state index is 0.0331. The van der Waals surface area contributed by atoms with E-state index in [1.807, 2.05) is 6.92 Å². The van der Waals surface area contributed by atoms with Crippen LogP contribution in [0.4, 0.5) is 4.79 Å². The van der Waals surface area contributed by atoms with Crippen molar-refractivity contribution in [2.75, 3.05) is 13.2 Å². The molecular formula is C12H18N2O4. The molecule has 1 saturated heterocycles. The van der Waals surface area contributed by atoms with Crippen LogP contribution in [0, 0.1) is 0 Å². The molecule has 1 aliphatic rings. The van der Waals surface area contributed by atoms with E-state index in [1.54, 1.807) is 12.1 Å². The predicted octanol–water partition coefficient (Wildman–Crippen LogP) is 0.790. The average Bonchev–Trinajstić information content (AvgIpc) is 2.99. The largest absolute Gasteiger partial charge is 0.467 e. The van der Waals surface area contributed by atoms with Gasteiger partial charge in [-0.1, -0.05) is 0 Å². The number of amides is 2. The second-order valence-corrected chi connectivity index (χ2v) is 4.36. The number of aliphatic hydroxyl groups is 1. The molecule has 1 aromatic rings. The number of hydrogen-bond acceptors (Lipinski definition) is 4. The average molecular weight is 254 g/mol. The second kappa shape index (κ2) is 5.88. The van der Waals surface area contributed by atoms with Gasteiger partial charge in [-0.2, -0.15) is 0 Å². The Morgan fingerprint density at radius 3 is 3.11 bits per heavy atom. The number of furan rings is 1. The van der Waals surface area contributed by atoms with Crippen LogP contribution in [-0.2, 0) is 4.74 Å². The smallest absolute Gasteiger partial charge is 0.315 e. The molecule has 6 heteroatoms. The molecule has 100 valence electrons. The van der Waals surface area contributed by atoms with Crippen LogP contribution in [0.3, 0.4) is 0 Å². The summed E-state index contributed by atoms with van der Waals surface area (Å²) in [5, 5.41) is 15.1. The zero-order chi connectivity index (χ0) is 13.0. The molecule has 18 heavy (non-hydrogen) atoms. The highest BCUT2D eigenvalue weighted by Crippen LogP contribution is 2.13. The number of aliphatic hydroxyl groups excluding tert-OH is 1. The summed E-state index contributed by atoms with van der Waals surface area (Å²) >= 11 is 0. The van der Waals surface area contributed by atoms with E-state index >= 15 is 0 Å². The molecule has 0 aromatic carbocycles. The fraction of sp³-hybridized carbons (Fsp3) is 0.583. The summed E-state index contributed by atoms with van der Waals surface area (Å²) in [6.45, 7) is 2.71. The van der Waals surface area contributed by atoms with Crippen molar-refractivity contribution in [2.45, 2.75) is 31.6 Å². The maximum Gasteiger partial charge on any atom is 0.315 e. The summed E-state index contributed by atoms with van der Waals surface area (Å²) in [5.74, 6) is 0.438. The first-order chi connectivity index (χ1) is 8.66. The van der Waals surface area contributed by atoms with Gasteiger partial charge in [-0.3, -0.25) is 0 Å². The Bertz CT molecular complexity index is 379. The van der Waals surface area contributed by atoms with Crippen LogP contribution in [0.1, 0.15) is 25.2 Å². The van der Waals surface area contributed by atoms with Crippen molar-refractivity contribution < 1.29 is 19.1 Å². The Balaban J connectivity index is 1.71. The monoisotopic (exact) mass is 254 g/mol. The number of hydrogen-bond donors (Lipinski definition) is 3. The highest BCUT2D eigenvalue weighted by Gasteiger charge is 2.25. The van der Waals surface area contributed by atoms with Gasteiger partial charge in [0.2, 0.25) is 0 Å². The molecule has 1 aromatic heterocycles. The van der Waals surface area contributed by atoms with E-state index in [4.69, 9.17) is 9.15 Å². The number of ether oxygens (including phenoxy) is 1. The third-order valence-corrected chi connectivity index (χ3v) is 3.02. The molecule has 3 unspecified atom stereocenters. The lowest BCUT2D eigenvalue weighted by molar-refractivity contribution is 0.113. The van der Waals surface area contributed by atoms with Gasteiger partial charge >= 0.3 is 6.03 Å². The summed E-state index contributed by atoms with van der Waals surface area (Å²) in [7, 11) is 0. The minimum atomic E-state index is -0.831. The van der Waals surface area contributed by atoms with Gasteiger partial charge in [0.15, 0.2) is 0 Å². The Hall–Kier alpha value is -1.53. The van der Waals surface area contributed by atoms with Crippen molar-refractivity contribution in [3.05, 3.63) is 24.2 Å². The van der Waals surface area contributed by atoms with Crippen LogP contribution in [0.2, 0.25) is 0 Å². The van der Waals surface area contributed by atoms with Crippen molar-refractivity contribution in [1.82, 2.24) is 10.6 Å². The molecule has 1 fully saturated rings. The van der Waals surface area contributed by atoms with E-state index in [0.717, 1.165) is 6.42 Å². The maximum absolute atomic E-state index is 11.6. The summed E-state index contributed by atoms with van der Waals surface area (Å²) in [5.41, 5.74) is 0. The quantitative estimate of drug-likeness (QED) is 0.741. The highest BCUT2D eigenvalue weighted by molar-refractivity contribution is 5.74. The van der Waals surface area contributed by atoms with Crippen molar-refractivity contribution in [3.8, 4) is 0 Å². The molecular weight excluding hydrogens is 236 g/mol. The zero-order valence-corrected chi connectivity index (χ0v) is 10.3. The zero-order valence-electron chi connectivity index (χ0n) is 10.3. The molecule has 0 saturated carbocycles. The van der Waals surface area contributed by atoms with Gasteiger partial charge in [0, 0.05) is 6.61 Å². The topological polar surface area (TPSA) is 83.7 Å². The molecule has 0 spiro atoms. The molecule has 3 N–H and O–H groups in total. The van der Waals surface area contributed by atoms with Crippen LogP contribution >= 0.6 is 0 Å². The van der Waals surface area contributed by atoms with E-state index in [1.165, 1.54) is 6.26 Å². The number of carbonyl (C=O) groups excluding carboxylic acids is 1. The fourth-order valence-corrected chi connectivity index (χ4v) is 1.91. The van der Waals surface area contributed by atoms with Crippen molar-refractivity contribution in [3.63, 3.8) is 0 Å². The van der Waals surface area contributed by atoms with E-state index < -0.39 is 6.10 Å². The van der Waals surface area contributed by atoms with E-state index in [9.17, 15) is 9.90 Å². The molecule has 2 heterocycles. The van der Waals surface area contributed by atoms with Gasteiger partial charge in [-0.25, -0.2) is 4.79 Å². The van der Waals surface area contributed by atoms with Crippen LogP contribution < -0.4 is 10.6 Å². The number of nitrogens with one attached hydrogen (secondary N) is 2. The lowest BCUT2D eigenvalue weighted by Crippen LogP contribution is -2.45. The molecule has 2 amide bonds. The SMILES string of the molecule is CC1OCCC1NC(=O)NCC(O)c1ccco1. The number of urea groups is 1. The van der Waals surface area contributed by atoms with Crippen LogP contribution in [0.5, 0.6) is 0 Å². The van der Waals surface area contributed by atoms with Crippen LogP contribution in [0.15, 0.2) is 22.8 Å². The van der Waals surface area contributed by atoms with Gasteiger partial charge < -0.3 is 24.9 Å². The first-order valence-electron chi connectivity index (χ1n) is 6.04. The second-order valence-electron chi connectivity index (χ2n) is 4.36. The van der Waals surface area contributed by atoms with Gasteiger partial charge in [0.1, 0.15) is 11.9 Å². The molecule has 0 radical (unpaired) electrons. The highest BCUT2D eigenvalue weighted by atomic mass is 16.5. The summed E-state index contributed by atoms with van der Waals surface area (Å²) in [4.78, 5) is 11.6. The molecule has 3 atom stereocenters. The van der Waals surface area contributed by atoms with Crippen molar-refractivity contribution >= 4 is 6.03 Å². The van der Waals surface area contributed by atoms with Crippen LogP contribution in [0.25, 0.3) is 0 Å². The predicted molar refractivity (Wildman–Crippen MR) is 64.0 cm³/mol. The Morgan fingerprint density at radius 1 is 1.67 bits per heavy atom. The standard InChI is InChI=1S/C12H18N2O4/c1-8-9(4-6-17-8)14-12(16)13-7-10(15)11-3-2-5-18-11/h2-3,5,8-10,15H,4,6-7H2,1H3,(H2,13,14,16). The lowest BCUT2D eigenvalue weighted by atomic mass is 10.2. The van der Waals surface area contributed by atoms with Gasteiger partial charge in [-0.15, -0.1) is 0 Å². The molecule has 6 nitrogen and oxygen atoms in total. The van der Waals surface area contributed by atoms with Gasteiger partial charge in [0.05, 0.1) is 25.0 Å². The van der Waals surface area contributed by atoms with Crippen molar-refractivity contribution in [2.24, 2.45) is 0 Å². The third kappa shape index (κ3) is 3.24. The lowest BCUT2D eigenvalue weighted by Gasteiger charge is -2.17. The Kier molecular flexibility index (Phi) is 4.22. The number of carbonyl (C=O) groups is 1. The van der Waals surface area contributed by atoms with E-state index in [2.05, 4.69) is 10.6 Å². The normalized spacial score (nSPS) is 24.8. The fourth-order valence-electron chi connectivity index (χ4n) is 1.91. The summed E-state index contributed by atoms with van der Waals surface area (Å²) in [6, 6.07) is 3.08. The minimum Gasteiger partial charge on any atom is -0.467 e. The molecule has 0 aliphatic carbocycles. The maximum atomic E-state index is 11.6. The van der Waals surface area contributed by atoms with E-state index in [0.29, 0.717) is 12.4 Å². The summed E-state index contributed by atoms with van der Waals surface area (Å²) in [6.07, 6.45) is 1.50. The van der Waals surface area contributed by atoms with Gasteiger partial charge in [0.25, 0.3) is 0 Å². The molecule has 2 rings (SSSR count). The van der Waals surface area contributed by atoms with Gasteiger partial charge in [-0.05, 0) is 25.5 Å². The summed E-state index contributed by atoms with van der Waals surface area (Å²) < 4.78 is 10.4. The van der Waals surface area contributed by atoms with Crippen molar-refractivity contribution in [1.29, 1.82) is 0 Å². The molecule has 0 bridgehead atoms. The third-order valence-electron chi connectivity index (χ3n) is 3.02. The Labute approximate surface area is 105 Å². The molecule has 1 aliphatic heterocycles. The first-order valence-corrected chi connectivity index (χ1v) is 6.04. The first kappa shape index (κ1) is 12.9.